The van der Waals surface area contributed by atoms with Gasteiger partial charge in [-0.2, -0.15) is 0 Å². The van der Waals surface area contributed by atoms with E-state index in [1.807, 2.05) is 24.3 Å². The largest absolute Gasteiger partial charge is 0.335 e. The Bertz CT molecular complexity index is 793. The number of aryl methyl sites for hydroxylation is 1. The van der Waals surface area contributed by atoms with E-state index in [4.69, 9.17) is 23.2 Å². The normalized spacial score (nSPS) is 14.4. The number of halogens is 2. The summed E-state index contributed by atoms with van der Waals surface area (Å²) < 4.78 is 0. The van der Waals surface area contributed by atoms with Crippen molar-refractivity contribution in [2.75, 3.05) is 26.2 Å². The molecule has 1 saturated heterocycles. The first kappa shape index (κ1) is 18.7. The predicted octanol–water partition coefficient (Wildman–Crippen LogP) is 4.15. The van der Waals surface area contributed by atoms with Crippen LogP contribution in [0.4, 0.5) is 0 Å². The van der Waals surface area contributed by atoms with E-state index in [1.165, 1.54) is 5.56 Å². The fourth-order valence-electron chi connectivity index (χ4n) is 3.04. The molecule has 4 nitrogen and oxygen atoms in total. The van der Waals surface area contributed by atoms with Gasteiger partial charge in [0, 0.05) is 47.4 Å². The Morgan fingerprint density at radius 2 is 1.27 bits per heavy atom. The molecule has 1 aliphatic rings. The highest BCUT2D eigenvalue weighted by atomic mass is 35.5. The molecule has 0 radical (unpaired) electrons. The van der Waals surface area contributed by atoms with E-state index in [0.29, 0.717) is 47.4 Å². The molecule has 1 aliphatic heterocycles. The van der Waals surface area contributed by atoms with Crippen LogP contribution in [-0.4, -0.2) is 47.8 Å². The Labute approximate surface area is 163 Å². The molecule has 2 aromatic carbocycles. The van der Waals surface area contributed by atoms with E-state index < -0.39 is 0 Å². The summed E-state index contributed by atoms with van der Waals surface area (Å²) in [6.07, 6.45) is 0.947. The van der Waals surface area contributed by atoms with Crippen molar-refractivity contribution in [1.29, 1.82) is 0 Å². The number of carbonyl (C=O) groups is 2. The van der Waals surface area contributed by atoms with Crippen molar-refractivity contribution < 1.29 is 9.59 Å². The lowest BCUT2D eigenvalue weighted by molar-refractivity contribution is 0.0535. The number of amides is 2. The summed E-state index contributed by atoms with van der Waals surface area (Å²) in [4.78, 5) is 28.8. The first-order chi connectivity index (χ1) is 12.5. The van der Waals surface area contributed by atoms with Gasteiger partial charge in [0.05, 0.1) is 0 Å². The Morgan fingerprint density at radius 1 is 0.808 bits per heavy atom. The fourth-order valence-corrected chi connectivity index (χ4v) is 3.56. The quantitative estimate of drug-likeness (QED) is 0.789. The van der Waals surface area contributed by atoms with Gasteiger partial charge in [-0.3, -0.25) is 9.59 Å². The Morgan fingerprint density at radius 3 is 1.73 bits per heavy atom. The summed E-state index contributed by atoms with van der Waals surface area (Å²) in [5.41, 5.74) is 2.36. The Kier molecular flexibility index (Phi) is 5.84. The lowest BCUT2D eigenvalue weighted by atomic mass is 10.1. The molecule has 0 N–H and O–H groups in total. The van der Waals surface area contributed by atoms with E-state index in [9.17, 15) is 9.59 Å². The maximum atomic E-state index is 12.6. The smallest absolute Gasteiger partial charge is 0.254 e. The third-order valence-electron chi connectivity index (χ3n) is 4.57. The Hall–Kier alpha value is -2.04. The molecule has 6 heteroatoms. The number of hydrogen-bond donors (Lipinski definition) is 0. The lowest BCUT2D eigenvalue weighted by Crippen LogP contribution is -2.50. The third kappa shape index (κ3) is 4.19. The molecule has 0 atom stereocenters. The first-order valence-electron chi connectivity index (χ1n) is 8.61. The van der Waals surface area contributed by atoms with Gasteiger partial charge >= 0.3 is 0 Å². The minimum Gasteiger partial charge on any atom is -0.335 e. The maximum absolute atomic E-state index is 12.6. The second kappa shape index (κ2) is 8.11. The van der Waals surface area contributed by atoms with Crippen molar-refractivity contribution in [2.24, 2.45) is 0 Å². The van der Waals surface area contributed by atoms with Crippen LogP contribution in [0.2, 0.25) is 10.0 Å². The third-order valence-corrected chi connectivity index (χ3v) is 5.01. The van der Waals surface area contributed by atoms with Crippen LogP contribution < -0.4 is 0 Å². The van der Waals surface area contributed by atoms with Gasteiger partial charge in [0.2, 0.25) is 0 Å². The maximum Gasteiger partial charge on any atom is 0.254 e. The summed E-state index contributed by atoms with van der Waals surface area (Å²) in [6, 6.07) is 12.5. The summed E-state index contributed by atoms with van der Waals surface area (Å²) in [6.45, 7) is 4.08. The van der Waals surface area contributed by atoms with Crippen LogP contribution in [0.25, 0.3) is 0 Å². The zero-order valence-corrected chi connectivity index (χ0v) is 16.1. The van der Waals surface area contributed by atoms with Crippen molar-refractivity contribution in [3.63, 3.8) is 0 Å². The summed E-state index contributed by atoms with van der Waals surface area (Å²) in [5, 5.41) is 0.871. The van der Waals surface area contributed by atoms with E-state index >= 15 is 0 Å². The number of hydrogen-bond acceptors (Lipinski definition) is 2. The Balaban J connectivity index is 1.62. The summed E-state index contributed by atoms with van der Waals surface area (Å²) in [5.74, 6) is -0.112. The molecule has 1 heterocycles. The minimum atomic E-state index is -0.117. The lowest BCUT2D eigenvalue weighted by Gasteiger charge is -2.35. The van der Waals surface area contributed by atoms with E-state index in [2.05, 4.69) is 6.92 Å². The van der Waals surface area contributed by atoms with E-state index in [1.54, 1.807) is 28.0 Å². The molecule has 1 fully saturated rings. The molecule has 0 aromatic heterocycles. The number of carbonyl (C=O) groups excluding carboxylic acids is 2. The van der Waals surface area contributed by atoms with Crippen LogP contribution >= 0.6 is 23.2 Å². The molecule has 0 aliphatic carbocycles. The van der Waals surface area contributed by atoms with Gasteiger partial charge in [-0.15, -0.1) is 0 Å². The fraction of sp³-hybridized carbons (Fsp3) is 0.300. The molecule has 0 unspecified atom stereocenters. The van der Waals surface area contributed by atoms with Gasteiger partial charge in [0.1, 0.15) is 0 Å². The monoisotopic (exact) mass is 390 g/mol. The number of benzene rings is 2. The van der Waals surface area contributed by atoms with Crippen LogP contribution in [0.5, 0.6) is 0 Å². The highest BCUT2D eigenvalue weighted by Crippen LogP contribution is 2.21. The minimum absolute atomic E-state index is 0.00514. The molecular formula is C20H20Cl2N2O2. The van der Waals surface area contributed by atoms with Crippen molar-refractivity contribution in [1.82, 2.24) is 9.80 Å². The van der Waals surface area contributed by atoms with Crippen LogP contribution in [0, 0.1) is 0 Å². The molecule has 0 bridgehead atoms. The van der Waals surface area contributed by atoms with Crippen molar-refractivity contribution in [2.45, 2.75) is 13.3 Å². The second-order valence-corrected chi connectivity index (χ2v) is 7.17. The highest BCUT2D eigenvalue weighted by Gasteiger charge is 2.25. The van der Waals surface area contributed by atoms with Gasteiger partial charge in [0.25, 0.3) is 11.8 Å². The molecule has 3 rings (SSSR count). The van der Waals surface area contributed by atoms with Crippen LogP contribution in [0.1, 0.15) is 33.2 Å². The van der Waals surface area contributed by atoms with Gasteiger partial charge in [-0.25, -0.2) is 0 Å². The van der Waals surface area contributed by atoms with Crippen molar-refractivity contribution in [3.05, 3.63) is 69.2 Å². The molecule has 26 heavy (non-hydrogen) atoms. The van der Waals surface area contributed by atoms with Gasteiger partial charge in [0.15, 0.2) is 0 Å². The van der Waals surface area contributed by atoms with Gasteiger partial charge in [-0.05, 0) is 42.3 Å². The van der Waals surface area contributed by atoms with E-state index in [-0.39, 0.29) is 11.8 Å². The molecule has 0 saturated carbocycles. The molecular weight excluding hydrogens is 371 g/mol. The second-order valence-electron chi connectivity index (χ2n) is 6.29. The van der Waals surface area contributed by atoms with Crippen LogP contribution in [0.15, 0.2) is 42.5 Å². The number of piperazine rings is 1. The number of nitrogens with zero attached hydrogens (tertiary/aromatic N) is 2. The zero-order chi connectivity index (χ0) is 18.7. The number of rotatable bonds is 3. The van der Waals surface area contributed by atoms with Crippen molar-refractivity contribution >= 4 is 35.0 Å². The summed E-state index contributed by atoms with van der Waals surface area (Å²) >= 11 is 12.0. The molecule has 136 valence electrons. The highest BCUT2D eigenvalue weighted by molar-refractivity contribution is 6.35. The molecule has 0 spiro atoms. The topological polar surface area (TPSA) is 40.6 Å². The molecule has 2 amide bonds. The SMILES string of the molecule is CCc1ccc(C(=O)N2CCN(C(=O)c3cc(Cl)cc(Cl)c3)CC2)cc1. The van der Waals surface area contributed by atoms with E-state index in [0.717, 1.165) is 6.42 Å². The van der Waals surface area contributed by atoms with Crippen LogP contribution in [-0.2, 0) is 6.42 Å². The first-order valence-corrected chi connectivity index (χ1v) is 9.37. The predicted molar refractivity (Wildman–Crippen MR) is 104 cm³/mol. The molecule has 2 aromatic rings. The van der Waals surface area contributed by atoms with Crippen molar-refractivity contribution in [3.8, 4) is 0 Å². The standard InChI is InChI=1S/C20H20Cl2N2O2/c1-2-14-3-5-15(6-4-14)19(25)23-7-9-24(10-8-23)20(26)16-11-17(21)13-18(22)12-16/h3-6,11-13H,2,7-10H2,1H3. The zero-order valence-electron chi connectivity index (χ0n) is 14.5. The van der Waals surface area contributed by atoms with Gasteiger partial charge < -0.3 is 9.80 Å². The summed E-state index contributed by atoms with van der Waals surface area (Å²) in [7, 11) is 0. The van der Waals surface area contributed by atoms with Crippen LogP contribution in [0.3, 0.4) is 0 Å². The average Bonchev–Trinajstić information content (AvgIpc) is 2.66. The average molecular weight is 391 g/mol. The van der Waals surface area contributed by atoms with Gasteiger partial charge in [-0.1, -0.05) is 42.3 Å².